The second-order valence-corrected chi connectivity index (χ2v) is 9.19. The molecule has 0 fully saturated rings. The molecule has 0 aliphatic carbocycles. The minimum absolute atomic E-state index is 0. The van der Waals surface area contributed by atoms with E-state index in [0.29, 0.717) is 0 Å². The molecule has 0 aromatic carbocycles. The minimum atomic E-state index is -5.43. The predicted molar refractivity (Wildman–Crippen MR) is 61.4 cm³/mol. The Bertz CT molecular complexity index is 850. The molecular weight excluding hydrogens is 624 g/mol. The summed E-state index contributed by atoms with van der Waals surface area (Å²) in [6.07, 6.45) is 0. The summed E-state index contributed by atoms with van der Waals surface area (Å²) in [6.45, 7) is 0. The van der Waals surface area contributed by atoms with Crippen LogP contribution in [0, 0.1) is 0 Å². The van der Waals surface area contributed by atoms with Crippen molar-refractivity contribution in [3.05, 3.63) is 0 Å². The van der Waals surface area contributed by atoms with Gasteiger partial charge in [0.25, 0.3) is 0 Å². The predicted octanol–water partition coefficient (Wildman–Crippen LogP) is -6.23. The van der Waals surface area contributed by atoms with Crippen LogP contribution in [0.4, 0.5) is 0 Å². The average molecular weight is 624 g/mol. The van der Waals surface area contributed by atoms with Gasteiger partial charge in [-0.1, -0.05) is 0 Å². The Morgan fingerprint density at radius 2 is 0.393 bits per heavy atom. The second kappa shape index (κ2) is 12.0. The van der Waals surface area contributed by atoms with Gasteiger partial charge in [-0.05, 0) is 0 Å². The zero-order valence-corrected chi connectivity index (χ0v) is 18.3. The van der Waals surface area contributed by atoms with E-state index in [4.69, 9.17) is 0 Å². The third-order valence-electron chi connectivity index (χ3n) is 0.500. The van der Waals surface area contributed by atoms with Crippen molar-refractivity contribution < 1.29 is 110 Å². The Labute approximate surface area is 171 Å². The molecule has 0 aliphatic heterocycles. The summed E-state index contributed by atoms with van der Waals surface area (Å²) in [7, 11) is -32.6. The Morgan fingerprint density at radius 1 is 0.321 bits per heavy atom. The Morgan fingerprint density at radius 3 is 0.393 bits per heavy atom. The quantitative estimate of drug-likeness (QED) is 0.151. The molecule has 168 valence electrons. The van der Waals surface area contributed by atoms with E-state index in [1.807, 2.05) is 0 Å². The van der Waals surface area contributed by atoms with E-state index < -0.39 is 62.4 Å². The maximum absolute atomic E-state index is 9.29. The molecule has 28 heavy (non-hydrogen) atoms. The average Bonchev–Trinajstić information content (AvgIpc) is 1.96. The van der Waals surface area contributed by atoms with Gasteiger partial charge in [0.1, 0.15) is 0 Å². The molecule has 0 rings (SSSR count). The van der Waals surface area contributed by atoms with Crippen LogP contribution in [0.3, 0.4) is 0 Å². The van der Waals surface area contributed by atoms with Crippen LogP contribution in [-0.2, 0) is 94.3 Å². The van der Waals surface area contributed by atoms with Crippen molar-refractivity contribution in [3.8, 4) is 0 Å². The van der Waals surface area contributed by atoms with Gasteiger partial charge in [-0.3, -0.25) is 0 Å². The van der Waals surface area contributed by atoms with E-state index in [0.717, 1.165) is 0 Å². The van der Waals surface area contributed by atoms with Crippen molar-refractivity contribution in [1.29, 1.82) is 0 Å². The fourth-order valence-electron chi connectivity index (χ4n) is 0.306. The molecule has 0 aromatic rings. The molecule has 0 amide bonds. The SMILES string of the molecule is O=S(=O)([O-])OS(=O)(=O)[O-].O=S(=O)([O-])OS(=O)(=O)[O-].O=S(=O)([O-])OS(=O)(=O)[O-].[Mo+6]. The van der Waals surface area contributed by atoms with Crippen LogP contribution in [0.15, 0.2) is 0 Å². The molecule has 0 aliphatic rings. The van der Waals surface area contributed by atoms with Gasteiger partial charge in [-0.15, -0.1) is 0 Å². The minimum Gasteiger partial charge on any atom is -0.725 e. The molecule has 0 saturated heterocycles. The van der Waals surface area contributed by atoms with Gasteiger partial charge in [-0.25, -0.2) is 50.5 Å². The van der Waals surface area contributed by atoms with Gasteiger partial charge >= 0.3 is 21.1 Å². The van der Waals surface area contributed by atoms with Gasteiger partial charge < -0.3 is 27.3 Å². The third kappa shape index (κ3) is 50.2. The van der Waals surface area contributed by atoms with E-state index in [2.05, 4.69) is 10.9 Å². The molecule has 0 heterocycles. The first-order valence-corrected chi connectivity index (χ1v) is 12.0. The maximum atomic E-state index is 9.29. The van der Waals surface area contributed by atoms with Crippen molar-refractivity contribution in [1.82, 2.24) is 0 Å². The number of hydrogen-bond donors (Lipinski definition) is 0. The zero-order chi connectivity index (χ0) is 23.1. The zero-order valence-electron chi connectivity index (χ0n) is 11.4. The van der Waals surface area contributed by atoms with Crippen molar-refractivity contribution >= 4 is 62.4 Å². The van der Waals surface area contributed by atoms with Crippen LogP contribution < -0.4 is 0 Å². The van der Waals surface area contributed by atoms with Crippen molar-refractivity contribution in [2.75, 3.05) is 0 Å². The van der Waals surface area contributed by atoms with Crippen molar-refractivity contribution in [2.24, 2.45) is 0 Å². The summed E-state index contributed by atoms with van der Waals surface area (Å²) in [5.74, 6) is 0. The molecule has 0 atom stereocenters. The fourth-order valence-corrected chi connectivity index (χ4v) is 2.76. The van der Waals surface area contributed by atoms with Crippen molar-refractivity contribution in [2.45, 2.75) is 0 Å². The topological polar surface area (TPSA) is 371 Å². The van der Waals surface area contributed by atoms with Gasteiger partial charge in [0.15, 0.2) is 0 Å². The molecule has 0 spiro atoms. The Hall–Kier alpha value is 0.0283. The normalized spacial score (nSPS) is 13.1. The van der Waals surface area contributed by atoms with Gasteiger partial charge in [0.05, 0.1) is 0 Å². The Balaban J connectivity index is -0.000000152. The van der Waals surface area contributed by atoms with Gasteiger partial charge in [0, 0.05) is 0 Å². The second-order valence-electron chi connectivity index (χ2n) is 2.65. The van der Waals surface area contributed by atoms with Crippen LogP contribution >= 0.6 is 0 Å². The van der Waals surface area contributed by atoms with E-state index in [-0.39, 0.29) is 21.1 Å². The summed E-state index contributed by atoms with van der Waals surface area (Å²) in [5.41, 5.74) is 0. The van der Waals surface area contributed by atoms with Crippen LogP contribution in [0.2, 0.25) is 0 Å². The monoisotopic (exact) mass is 626 g/mol. The summed E-state index contributed by atoms with van der Waals surface area (Å²) < 4.78 is 175. The Kier molecular flexibility index (Phi) is 15.2. The molecule has 0 saturated carbocycles. The molecular formula is MoO21S6. The number of rotatable bonds is 6. The van der Waals surface area contributed by atoms with Crippen LogP contribution in [-0.4, -0.2) is 77.8 Å². The smallest absolute Gasteiger partial charge is 0.725 e. The maximum Gasteiger partial charge on any atom is 6.00 e. The molecule has 0 unspecified atom stereocenters. The third-order valence-corrected chi connectivity index (χ3v) is 4.50. The molecule has 0 N–H and O–H groups in total. The van der Waals surface area contributed by atoms with Crippen LogP contribution in [0.25, 0.3) is 0 Å². The van der Waals surface area contributed by atoms with Crippen LogP contribution in [0.5, 0.6) is 0 Å². The molecule has 28 heteroatoms. The molecule has 0 radical (unpaired) electrons. The van der Waals surface area contributed by atoms with Gasteiger partial charge in [0.2, 0.25) is 62.4 Å². The van der Waals surface area contributed by atoms with E-state index in [1.165, 1.54) is 0 Å². The van der Waals surface area contributed by atoms with Gasteiger partial charge in [-0.2, -0.15) is 10.9 Å². The largest absolute Gasteiger partial charge is 6.00 e. The first kappa shape index (κ1) is 35.5. The summed E-state index contributed by atoms with van der Waals surface area (Å²) in [5, 5.41) is 0. The summed E-state index contributed by atoms with van der Waals surface area (Å²) in [6, 6.07) is 0. The van der Waals surface area contributed by atoms with E-state index in [9.17, 15) is 77.8 Å². The first-order chi connectivity index (χ1) is 11.1. The molecule has 0 aromatic heterocycles. The molecule has 0 bridgehead atoms. The summed E-state index contributed by atoms with van der Waals surface area (Å²) in [4.78, 5) is 0. The van der Waals surface area contributed by atoms with E-state index >= 15 is 0 Å². The van der Waals surface area contributed by atoms with Crippen molar-refractivity contribution in [3.63, 3.8) is 0 Å². The van der Waals surface area contributed by atoms with E-state index in [1.54, 1.807) is 0 Å². The number of hydrogen-bond acceptors (Lipinski definition) is 21. The summed E-state index contributed by atoms with van der Waals surface area (Å²) >= 11 is 0. The van der Waals surface area contributed by atoms with Crippen LogP contribution in [0.1, 0.15) is 0 Å². The standard InChI is InChI=1S/Mo.3H2O7S2/c;3*1-8(2,3)7-9(4,5)6/h;3*(H,1,2,3)(H,4,5,6)/q+6;;;/p-6. The first-order valence-electron chi connectivity index (χ1n) is 4.00. The fraction of sp³-hybridized carbons (Fsp3) is 0. The molecule has 21 nitrogen and oxygen atoms in total.